The van der Waals surface area contributed by atoms with E-state index in [0.29, 0.717) is 6.54 Å². The number of nitrogens with one attached hydrogen (secondary N) is 2. The maximum Gasteiger partial charge on any atom is 0.315 e. The minimum absolute atomic E-state index is 0.131. The first-order valence-electron chi connectivity index (χ1n) is 8.02. The highest BCUT2D eigenvalue weighted by Gasteiger charge is 2.24. The van der Waals surface area contributed by atoms with Crippen molar-refractivity contribution in [3.8, 4) is 0 Å². The van der Waals surface area contributed by atoms with Gasteiger partial charge in [0.15, 0.2) is 0 Å². The van der Waals surface area contributed by atoms with Crippen LogP contribution in [0.3, 0.4) is 0 Å². The fourth-order valence-corrected chi connectivity index (χ4v) is 2.88. The Morgan fingerprint density at radius 3 is 2.87 bits per heavy atom. The van der Waals surface area contributed by atoms with E-state index in [1.54, 1.807) is 24.9 Å². The fourth-order valence-electron chi connectivity index (χ4n) is 2.88. The van der Waals surface area contributed by atoms with Crippen LogP contribution in [0.25, 0.3) is 0 Å². The second kappa shape index (κ2) is 7.44. The molecular formula is C17H24FN3O2. The number of halogens is 1. The molecule has 5 nitrogen and oxygen atoms in total. The SMILES string of the molecule is CCN(C)C(=O)[C@H](C)NC(=O)N[C@@H]1CCCc2cc(F)ccc21. The lowest BCUT2D eigenvalue weighted by molar-refractivity contribution is -0.131. The number of hydrogen-bond acceptors (Lipinski definition) is 2. The molecule has 0 saturated heterocycles. The van der Waals surface area contributed by atoms with E-state index in [4.69, 9.17) is 0 Å². The lowest BCUT2D eigenvalue weighted by Gasteiger charge is -2.27. The smallest absolute Gasteiger partial charge is 0.315 e. The fraction of sp³-hybridized carbons (Fsp3) is 0.529. The minimum Gasteiger partial charge on any atom is -0.344 e. The third-order valence-corrected chi connectivity index (χ3v) is 4.29. The summed E-state index contributed by atoms with van der Waals surface area (Å²) in [6, 6.07) is 3.57. The van der Waals surface area contributed by atoms with E-state index >= 15 is 0 Å². The van der Waals surface area contributed by atoms with Gasteiger partial charge >= 0.3 is 6.03 Å². The second-order valence-corrected chi connectivity index (χ2v) is 5.98. The van der Waals surface area contributed by atoms with E-state index in [-0.39, 0.29) is 23.8 Å². The number of aryl methyl sites for hydroxylation is 1. The molecule has 0 saturated carbocycles. The Morgan fingerprint density at radius 1 is 1.43 bits per heavy atom. The van der Waals surface area contributed by atoms with Crippen LogP contribution in [0.1, 0.15) is 43.9 Å². The predicted octanol–water partition coefficient (Wildman–Crippen LogP) is 2.37. The molecular weight excluding hydrogens is 297 g/mol. The molecule has 6 heteroatoms. The van der Waals surface area contributed by atoms with Gasteiger partial charge in [0.25, 0.3) is 0 Å². The summed E-state index contributed by atoms with van der Waals surface area (Å²) in [5.41, 5.74) is 1.90. The topological polar surface area (TPSA) is 61.4 Å². The molecule has 0 fully saturated rings. The van der Waals surface area contributed by atoms with Crippen LogP contribution in [0.5, 0.6) is 0 Å². The number of carbonyl (C=O) groups is 2. The second-order valence-electron chi connectivity index (χ2n) is 5.98. The highest BCUT2D eigenvalue weighted by molar-refractivity contribution is 5.86. The average Bonchev–Trinajstić information content (AvgIpc) is 2.53. The quantitative estimate of drug-likeness (QED) is 0.894. The van der Waals surface area contributed by atoms with Crippen molar-refractivity contribution >= 4 is 11.9 Å². The first-order chi connectivity index (χ1) is 10.9. The van der Waals surface area contributed by atoms with Crippen LogP contribution in [0.15, 0.2) is 18.2 Å². The number of nitrogens with zero attached hydrogens (tertiary/aromatic N) is 1. The van der Waals surface area contributed by atoms with Gasteiger partial charge < -0.3 is 15.5 Å². The van der Waals surface area contributed by atoms with Gasteiger partial charge in [-0.1, -0.05) is 6.07 Å². The summed E-state index contributed by atoms with van der Waals surface area (Å²) in [5.74, 6) is -0.385. The van der Waals surface area contributed by atoms with Crippen molar-refractivity contribution in [2.45, 2.75) is 45.2 Å². The Morgan fingerprint density at radius 2 is 2.17 bits per heavy atom. The zero-order valence-corrected chi connectivity index (χ0v) is 13.9. The number of amides is 3. The van der Waals surface area contributed by atoms with Gasteiger partial charge in [-0.15, -0.1) is 0 Å². The molecule has 0 spiro atoms. The van der Waals surface area contributed by atoms with Crippen LogP contribution < -0.4 is 10.6 Å². The Labute approximate surface area is 136 Å². The lowest BCUT2D eigenvalue weighted by Crippen LogP contribution is -2.49. The Kier molecular flexibility index (Phi) is 5.58. The van der Waals surface area contributed by atoms with Crippen molar-refractivity contribution in [3.05, 3.63) is 35.1 Å². The highest BCUT2D eigenvalue weighted by Crippen LogP contribution is 2.30. The number of carbonyl (C=O) groups excluding carboxylic acids is 2. The zero-order valence-electron chi connectivity index (χ0n) is 13.9. The van der Waals surface area contributed by atoms with Gasteiger partial charge in [0.05, 0.1) is 6.04 Å². The Bertz CT molecular complexity index is 591. The molecule has 1 aromatic rings. The van der Waals surface area contributed by atoms with Crippen LogP contribution >= 0.6 is 0 Å². The summed E-state index contributed by atoms with van der Waals surface area (Å²) >= 11 is 0. The summed E-state index contributed by atoms with van der Waals surface area (Å²) in [6.07, 6.45) is 2.53. The van der Waals surface area contributed by atoms with Gasteiger partial charge in [-0.2, -0.15) is 0 Å². The van der Waals surface area contributed by atoms with Crippen molar-refractivity contribution in [1.29, 1.82) is 0 Å². The van der Waals surface area contributed by atoms with E-state index in [1.165, 1.54) is 12.1 Å². The summed E-state index contributed by atoms with van der Waals surface area (Å²) in [4.78, 5) is 25.7. The summed E-state index contributed by atoms with van der Waals surface area (Å²) < 4.78 is 13.3. The van der Waals surface area contributed by atoms with E-state index in [2.05, 4.69) is 10.6 Å². The Hall–Kier alpha value is -2.11. The molecule has 1 aromatic carbocycles. The lowest BCUT2D eigenvalue weighted by atomic mass is 9.87. The maximum absolute atomic E-state index is 13.3. The summed E-state index contributed by atoms with van der Waals surface area (Å²) in [6.45, 7) is 4.13. The third kappa shape index (κ3) is 4.21. The van der Waals surface area contributed by atoms with Crippen LogP contribution in [-0.2, 0) is 11.2 Å². The molecule has 0 bridgehead atoms. The number of fused-ring (bicyclic) bond motifs is 1. The molecule has 3 amide bonds. The third-order valence-electron chi connectivity index (χ3n) is 4.29. The van der Waals surface area contributed by atoms with Crippen molar-refractivity contribution in [2.24, 2.45) is 0 Å². The van der Waals surface area contributed by atoms with Crippen molar-refractivity contribution < 1.29 is 14.0 Å². The van der Waals surface area contributed by atoms with Gasteiger partial charge in [0.1, 0.15) is 11.9 Å². The molecule has 1 aliphatic carbocycles. The van der Waals surface area contributed by atoms with E-state index in [9.17, 15) is 14.0 Å². The van der Waals surface area contributed by atoms with E-state index in [0.717, 1.165) is 30.4 Å². The predicted molar refractivity (Wildman–Crippen MR) is 86.5 cm³/mol. The van der Waals surface area contributed by atoms with Crippen molar-refractivity contribution in [1.82, 2.24) is 15.5 Å². The van der Waals surface area contributed by atoms with Crippen LogP contribution in [0.2, 0.25) is 0 Å². The molecule has 0 unspecified atom stereocenters. The van der Waals surface area contributed by atoms with Crippen LogP contribution in [0, 0.1) is 5.82 Å². The van der Waals surface area contributed by atoms with Crippen molar-refractivity contribution in [3.63, 3.8) is 0 Å². The first-order valence-corrected chi connectivity index (χ1v) is 8.02. The van der Waals surface area contributed by atoms with Gasteiger partial charge in [0, 0.05) is 13.6 Å². The molecule has 0 heterocycles. The van der Waals surface area contributed by atoms with Crippen LogP contribution in [0.4, 0.5) is 9.18 Å². The maximum atomic E-state index is 13.3. The molecule has 2 N–H and O–H groups in total. The molecule has 0 aliphatic heterocycles. The standard InChI is InChI=1S/C17H24FN3O2/c1-4-21(3)16(22)11(2)19-17(23)20-15-7-5-6-12-10-13(18)8-9-14(12)15/h8-11,15H,4-7H2,1-3H3,(H2,19,20,23)/t11-,15+/m0/s1. The average molecular weight is 321 g/mol. The van der Waals surface area contributed by atoms with E-state index in [1.807, 2.05) is 6.92 Å². The van der Waals surface area contributed by atoms with Crippen LogP contribution in [-0.4, -0.2) is 36.5 Å². The summed E-state index contributed by atoms with van der Waals surface area (Å²) in [5, 5.41) is 5.56. The number of likely N-dealkylation sites (N-methyl/N-ethyl adjacent to an activating group) is 1. The highest BCUT2D eigenvalue weighted by atomic mass is 19.1. The first kappa shape index (κ1) is 17.2. The number of hydrogen-bond donors (Lipinski definition) is 2. The number of urea groups is 1. The largest absolute Gasteiger partial charge is 0.344 e. The van der Waals surface area contributed by atoms with Gasteiger partial charge in [-0.25, -0.2) is 9.18 Å². The normalized spacial score (nSPS) is 17.8. The zero-order chi connectivity index (χ0) is 17.0. The number of benzene rings is 1. The van der Waals surface area contributed by atoms with Crippen molar-refractivity contribution in [2.75, 3.05) is 13.6 Å². The molecule has 0 radical (unpaired) electrons. The van der Waals surface area contributed by atoms with Gasteiger partial charge in [-0.3, -0.25) is 4.79 Å². The molecule has 23 heavy (non-hydrogen) atoms. The summed E-state index contributed by atoms with van der Waals surface area (Å²) in [7, 11) is 1.70. The number of rotatable bonds is 4. The minimum atomic E-state index is -0.587. The Balaban J connectivity index is 1.98. The molecule has 1 aliphatic rings. The molecule has 0 aromatic heterocycles. The van der Waals surface area contributed by atoms with Gasteiger partial charge in [0.2, 0.25) is 5.91 Å². The molecule has 2 atom stereocenters. The monoisotopic (exact) mass is 321 g/mol. The van der Waals surface area contributed by atoms with Gasteiger partial charge in [-0.05, 0) is 56.4 Å². The van der Waals surface area contributed by atoms with E-state index < -0.39 is 6.04 Å². The molecule has 126 valence electrons. The molecule has 2 rings (SSSR count).